The Hall–Kier alpha value is -2.01. The molecular weight excluding hydrogens is 277 g/mol. The van der Waals surface area contributed by atoms with Crippen molar-refractivity contribution >= 4 is 5.69 Å². The first-order valence-electron chi connectivity index (χ1n) is 6.67. The Bertz CT molecular complexity index is 648. The number of hydrogen-bond donors (Lipinski definition) is 1. The van der Waals surface area contributed by atoms with Gasteiger partial charge in [0.1, 0.15) is 0 Å². The number of rotatable bonds is 2. The smallest absolute Gasteiger partial charge is 0.399 e. The highest BCUT2D eigenvalue weighted by Crippen LogP contribution is 2.30. The third-order valence-electron chi connectivity index (χ3n) is 3.71. The zero-order chi connectivity index (χ0) is 15.0. The van der Waals surface area contributed by atoms with E-state index in [1.165, 1.54) is 11.1 Å². The third-order valence-corrected chi connectivity index (χ3v) is 3.71. The number of anilines is 1. The third kappa shape index (κ3) is 3.03. The van der Waals surface area contributed by atoms with Gasteiger partial charge in [0.2, 0.25) is 0 Å². The monoisotopic (exact) mass is 292 g/mol. The molecule has 0 bridgehead atoms. The summed E-state index contributed by atoms with van der Waals surface area (Å²) in [5, 5.41) is 0. The Morgan fingerprint density at radius 1 is 0.952 bits per heavy atom. The van der Waals surface area contributed by atoms with Crippen LogP contribution >= 0.6 is 0 Å². The van der Waals surface area contributed by atoms with E-state index < -0.39 is 11.7 Å². The van der Waals surface area contributed by atoms with Crippen LogP contribution in [0.5, 0.6) is 0 Å². The van der Waals surface area contributed by atoms with Crippen LogP contribution in [0.3, 0.4) is 0 Å². The largest absolute Gasteiger partial charge is 0.416 e. The van der Waals surface area contributed by atoms with E-state index in [4.69, 9.17) is 5.73 Å². The molecule has 5 heteroatoms. The number of hydrogen-bond acceptors (Lipinski definition) is 2. The van der Waals surface area contributed by atoms with E-state index in [-0.39, 0.29) is 0 Å². The molecule has 0 aliphatic carbocycles. The number of nitrogen functional groups attached to an aromatic ring is 1. The van der Waals surface area contributed by atoms with Crippen LogP contribution in [-0.2, 0) is 25.8 Å². The normalized spacial score (nSPS) is 15.2. The van der Waals surface area contributed by atoms with Gasteiger partial charge in [0.25, 0.3) is 0 Å². The quantitative estimate of drug-likeness (QED) is 0.853. The molecule has 0 unspecified atom stereocenters. The van der Waals surface area contributed by atoms with Crippen molar-refractivity contribution in [3.63, 3.8) is 0 Å². The maximum atomic E-state index is 12.5. The van der Waals surface area contributed by atoms with E-state index in [2.05, 4.69) is 4.90 Å². The van der Waals surface area contributed by atoms with Crippen LogP contribution in [0, 0.1) is 0 Å². The van der Waals surface area contributed by atoms with Gasteiger partial charge in [0, 0.05) is 25.3 Å². The standard InChI is InChI=1S/C16H15F3N2/c17-16(18,19)14-4-1-11(2-5-14)8-21-9-12-3-6-15(20)7-13(12)10-21/h1-7H,8-10,20H2. The van der Waals surface area contributed by atoms with Crippen LogP contribution < -0.4 is 5.73 Å². The van der Waals surface area contributed by atoms with E-state index >= 15 is 0 Å². The zero-order valence-electron chi connectivity index (χ0n) is 11.3. The van der Waals surface area contributed by atoms with Crippen molar-refractivity contribution < 1.29 is 13.2 Å². The predicted molar refractivity (Wildman–Crippen MR) is 75.2 cm³/mol. The lowest BCUT2D eigenvalue weighted by Crippen LogP contribution is -2.15. The molecule has 0 aromatic heterocycles. The lowest BCUT2D eigenvalue weighted by Gasteiger charge is -2.15. The SMILES string of the molecule is Nc1ccc2c(c1)CN(Cc1ccc(C(F)(F)F)cc1)C2. The molecule has 110 valence electrons. The molecule has 2 N–H and O–H groups in total. The topological polar surface area (TPSA) is 29.3 Å². The summed E-state index contributed by atoms with van der Waals surface area (Å²) in [6, 6.07) is 11.2. The van der Waals surface area contributed by atoms with Gasteiger partial charge < -0.3 is 5.73 Å². The van der Waals surface area contributed by atoms with E-state index in [0.717, 1.165) is 36.5 Å². The summed E-state index contributed by atoms with van der Waals surface area (Å²) in [7, 11) is 0. The summed E-state index contributed by atoms with van der Waals surface area (Å²) in [6.45, 7) is 2.21. The van der Waals surface area contributed by atoms with Crippen molar-refractivity contribution in [1.82, 2.24) is 4.90 Å². The van der Waals surface area contributed by atoms with E-state index in [9.17, 15) is 13.2 Å². The molecule has 0 atom stereocenters. The molecule has 0 spiro atoms. The van der Waals surface area contributed by atoms with Gasteiger partial charge in [-0.2, -0.15) is 13.2 Å². The average Bonchev–Trinajstić information content (AvgIpc) is 2.79. The fourth-order valence-electron chi connectivity index (χ4n) is 2.65. The van der Waals surface area contributed by atoms with Crippen LogP contribution in [0.15, 0.2) is 42.5 Å². The molecule has 2 nitrogen and oxygen atoms in total. The van der Waals surface area contributed by atoms with Crippen LogP contribution in [0.25, 0.3) is 0 Å². The minimum absolute atomic E-state index is 0.608. The fourth-order valence-corrected chi connectivity index (χ4v) is 2.65. The van der Waals surface area contributed by atoms with E-state index in [1.54, 1.807) is 12.1 Å². The molecule has 21 heavy (non-hydrogen) atoms. The van der Waals surface area contributed by atoms with Crippen molar-refractivity contribution in [2.45, 2.75) is 25.8 Å². The Morgan fingerprint density at radius 3 is 2.29 bits per heavy atom. The first kappa shape index (κ1) is 13.9. The van der Waals surface area contributed by atoms with Crippen molar-refractivity contribution in [3.05, 3.63) is 64.7 Å². The second-order valence-electron chi connectivity index (χ2n) is 5.37. The summed E-state index contributed by atoms with van der Waals surface area (Å²) in [5.41, 5.74) is 9.20. The van der Waals surface area contributed by atoms with E-state index in [0.29, 0.717) is 6.54 Å². The number of nitrogens with zero attached hydrogens (tertiary/aromatic N) is 1. The van der Waals surface area contributed by atoms with Gasteiger partial charge >= 0.3 is 6.18 Å². The molecule has 0 amide bonds. The Morgan fingerprint density at radius 2 is 1.62 bits per heavy atom. The fraction of sp³-hybridized carbons (Fsp3) is 0.250. The van der Waals surface area contributed by atoms with Crippen molar-refractivity contribution in [1.29, 1.82) is 0 Å². The molecule has 1 aliphatic heterocycles. The number of nitrogens with two attached hydrogens (primary N) is 1. The Balaban J connectivity index is 1.69. The van der Waals surface area contributed by atoms with E-state index in [1.807, 2.05) is 18.2 Å². The molecule has 2 aromatic carbocycles. The van der Waals surface area contributed by atoms with Crippen LogP contribution in [-0.4, -0.2) is 4.90 Å². The number of fused-ring (bicyclic) bond motifs is 1. The first-order valence-corrected chi connectivity index (χ1v) is 6.67. The van der Waals surface area contributed by atoms with Gasteiger partial charge in [-0.3, -0.25) is 4.90 Å². The molecule has 0 saturated carbocycles. The van der Waals surface area contributed by atoms with Gasteiger partial charge in [-0.05, 0) is 41.0 Å². The number of halogens is 3. The molecule has 0 saturated heterocycles. The predicted octanol–water partition coefficient (Wildman–Crippen LogP) is 3.80. The lowest BCUT2D eigenvalue weighted by molar-refractivity contribution is -0.137. The van der Waals surface area contributed by atoms with Crippen LogP contribution in [0.1, 0.15) is 22.3 Å². The Kier molecular flexibility index (Phi) is 3.37. The maximum Gasteiger partial charge on any atom is 0.416 e. The van der Waals surface area contributed by atoms with Crippen molar-refractivity contribution in [2.24, 2.45) is 0 Å². The lowest BCUT2D eigenvalue weighted by atomic mass is 10.1. The minimum atomic E-state index is -4.28. The zero-order valence-corrected chi connectivity index (χ0v) is 11.3. The van der Waals surface area contributed by atoms with Crippen molar-refractivity contribution in [3.8, 4) is 0 Å². The average molecular weight is 292 g/mol. The second-order valence-corrected chi connectivity index (χ2v) is 5.37. The first-order chi connectivity index (χ1) is 9.91. The van der Waals surface area contributed by atoms with Gasteiger partial charge in [-0.25, -0.2) is 0 Å². The maximum absolute atomic E-state index is 12.5. The van der Waals surface area contributed by atoms with Gasteiger partial charge in [-0.1, -0.05) is 18.2 Å². The molecule has 0 fully saturated rings. The summed E-state index contributed by atoms with van der Waals surface area (Å²) >= 11 is 0. The van der Waals surface area contributed by atoms with Crippen LogP contribution in [0.4, 0.5) is 18.9 Å². The summed E-state index contributed by atoms with van der Waals surface area (Å²) in [6.07, 6.45) is -4.28. The van der Waals surface area contributed by atoms with Gasteiger partial charge in [0.15, 0.2) is 0 Å². The van der Waals surface area contributed by atoms with Gasteiger partial charge in [0.05, 0.1) is 5.56 Å². The molecule has 3 rings (SSSR count). The molecule has 2 aromatic rings. The van der Waals surface area contributed by atoms with Crippen LogP contribution in [0.2, 0.25) is 0 Å². The molecular formula is C16H15F3N2. The van der Waals surface area contributed by atoms with Gasteiger partial charge in [-0.15, -0.1) is 0 Å². The highest BCUT2D eigenvalue weighted by atomic mass is 19.4. The summed E-state index contributed by atoms with van der Waals surface area (Å²) in [5.74, 6) is 0. The van der Waals surface area contributed by atoms with Crippen molar-refractivity contribution in [2.75, 3.05) is 5.73 Å². The highest BCUT2D eigenvalue weighted by Gasteiger charge is 2.30. The highest BCUT2D eigenvalue weighted by molar-refractivity contribution is 5.46. The Labute approximate surface area is 121 Å². The number of benzene rings is 2. The molecule has 1 heterocycles. The molecule has 0 radical (unpaired) electrons. The number of alkyl halides is 3. The second kappa shape index (κ2) is 5.07. The minimum Gasteiger partial charge on any atom is -0.399 e. The molecule has 1 aliphatic rings. The summed E-state index contributed by atoms with van der Waals surface area (Å²) in [4.78, 5) is 2.19. The summed E-state index contributed by atoms with van der Waals surface area (Å²) < 4.78 is 37.6.